The Morgan fingerprint density at radius 1 is 1.19 bits per heavy atom. The molecule has 6 nitrogen and oxygen atoms in total. The van der Waals surface area contributed by atoms with Gasteiger partial charge in [0.1, 0.15) is 0 Å². The van der Waals surface area contributed by atoms with Gasteiger partial charge in [0.25, 0.3) is 0 Å². The molecule has 7 heteroatoms. The molecule has 1 aliphatic heterocycles. The smallest absolute Gasteiger partial charge is 0.226 e. The molecule has 2 aromatic carbocycles. The Kier molecular flexibility index (Phi) is 7.85. The second-order valence-corrected chi connectivity index (χ2v) is 8.92. The summed E-state index contributed by atoms with van der Waals surface area (Å²) in [4.78, 5) is 12.0. The van der Waals surface area contributed by atoms with Crippen molar-refractivity contribution in [3.8, 4) is 11.5 Å². The molecule has 1 aliphatic rings. The average Bonchev–Trinajstić information content (AvgIpc) is 2.78. The standard InChI is InChI=1S/C24H31N3O3S/c1-6-22-23(18-10-11-20(29-4)21(13-18)30-5)26-27(15-31-22)14-17-8-7-9-19(12-17)25-24(28)16(2)3/h7-13,16,22H,6,14-15H2,1-5H3,(H,25,28). The fourth-order valence-electron chi connectivity index (χ4n) is 3.38. The van der Waals surface area contributed by atoms with Crippen molar-refractivity contribution in [1.29, 1.82) is 0 Å². The van der Waals surface area contributed by atoms with Crippen molar-refractivity contribution >= 4 is 29.1 Å². The van der Waals surface area contributed by atoms with Crippen LogP contribution in [0, 0.1) is 5.92 Å². The Labute approximate surface area is 189 Å². The summed E-state index contributed by atoms with van der Waals surface area (Å²) in [6, 6.07) is 13.9. The lowest BCUT2D eigenvalue weighted by atomic mass is 10.0. The predicted molar refractivity (Wildman–Crippen MR) is 128 cm³/mol. The summed E-state index contributed by atoms with van der Waals surface area (Å²) in [5, 5.41) is 10.4. The van der Waals surface area contributed by atoms with Gasteiger partial charge in [0, 0.05) is 17.2 Å². The highest BCUT2D eigenvalue weighted by molar-refractivity contribution is 8.00. The number of thioether (sulfide) groups is 1. The molecule has 0 bridgehead atoms. The minimum atomic E-state index is -0.0539. The average molecular weight is 442 g/mol. The largest absolute Gasteiger partial charge is 0.493 e. The summed E-state index contributed by atoms with van der Waals surface area (Å²) >= 11 is 1.89. The maximum atomic E-state index is 12.0. The second-order valence-electron chi connectivity index (χ2n) is 7.76. The maximum Gasteiger partial charge on any atom is 0.226 e. The topological polar surface area (TPSA) is 63.2 Å². The number of hydrogen-bond acceptors (Lipinski definition) is 6. The zero-order valence-corrected chi connectivity index (χ0v) is 19.7. The molecular formula is C24H31N3O3S. The van der Waals surface area contributed by atoms with E-state index in [-0.39, 0.29) is 11.8 Å². The molecule has 0 saturated carbocycles. The molecule has 0 spiro atoms. The van der Waals surface area contributed by atoms with Crippen molar-refractivity contribution in [3.05, 3.63) is 53.6 Å². The van der Waals surface area contributed by atoms with E-state index in [4.69, 9.17) is 14.6 Å². The van der Waals surface area contributed by atoms with E-state index in [0.29, 0.717) is 23.3 Å². The van der Waals surface area contributed by atoms with Gasteiger partial charge in [-0.3, -0.25) is 9.80 Å². The molecule has 1 heterocycles. The zero-order chi connectivity index (χ0) is 22.4. The van der Waals surface area contributed by atoms with Gasteiger partial charge in [-0.1, -0.05) is 32.9 Å². The number of rotatable bonds is 8. The van der Waals surface area contributed by atoms with Crippen molar-refractivity contribution in [1.82, 2.24) is 5.01 Å². The van der Waals surface area contributed by atoms with Crippen molar-refractivity contribution in [2.75, 3.05) is 25.4 Å². The summed E-state index contributed by atoms with van der Waals surface area (Å²) in [6.07, 6.45) is 1.00. The third kappa shape index (κ3) is 5.73. The molecule has 0 saturated heterocycles. The Balaban J connectivity index is 1.82. The van der Waals surface area contributed by atoms with Crippen LogP contribution in [0.5, 0.6) is 11.5 Å². The summed E-state index contributed by atoms with van der Waals surface area (Å²) < 4.78 is 10.9. The van der Waals surface area contributed by atoms with Crippen LogP contribution in [0.25, 0.3) is 0 Å². The first-order chi connectivity index (χ1) is 14.9. The first kappa shape index (κ1) is 23.0. The number of ether oxygens (including phenoxy) is 2. The van der Waals surface area contributed by atoms with E-state index in [2.05, 4.69) is 23.3 Å². The number of amides is 1. The van der Waals surface area contributed by atoms with Gasteiger partial charge in [0.05, 0.1) is 37.6 Å². The van der Waals surface area contributed by atoms with Crippen LogP contribution in [0.3, 0.4) is 0 Å². The molecule has 2 aromatic rings. The fourth-order valence-corrected chi connectivity index (χ4v) is 4.45. The molecule has 0 aromatic heterocycles. The number of nitrogens with one attached hydrogen (secondary N) is 1. The van der Waals surface area contributed by atoms with Crippen LogP contribution in [-0.2, 0) is 11.3 Å². The Bertz CT molecular complexity index is 945. The molecule has 1 atom stereocenters. The first-order valence-corrected chi connectivity index (χ1v) is 11.6. The Morgan fingerprint density at radius 3 is 2.65 bits per heavy atom. The molecule has 3 rings (SSSR count). The van der Waals surface area contributed by atoms with Crippen molar-refractivity contribution in [2.45, 2.75) is 39.0 Å². The molecule has 0 fully saturated rings. The normalized spacial score (nSPS) is 16.1. The van der Waals surface area contributed by atoms with Crippen LogP contribution < -0.4 is 14.8 Å². The lowest BCUT2D eigenvalue weighted by Crippen LogP contribution is -2.31. The molecule has 1 N–H and O–H groups in total. The monoisotopic (exact) mass is 441 g/mol. The van der Waals surface area contributed by atoms with Gasteiger partial charge in [-0.05, 0) is 42.3 Å². The van der Waals surface area contributed by atoms with Crippen molar-refractivity contribution in [3.63, 3.8) is 0 Å². The molecule has 0 aliphatic carbocycles. The summed E-state index contributed by atoms with van der Waals surface area (Å²) in [7, 11) is 3.29. The quantitative estimate of drug-likeness (QED) is 0.625. The number of hydrogen-bond donors (Lipinski definition) is 1. The number of benzene rings is 2. The number of hydrazone groups is 1. The van der Waals surface area contributed by atoms with Crippen LogP contribution in [0.15, 0.2) is 47.6 Å². The molecule has 166 valence electrons. The van der Waals surface area contributed by atoms with E-state index >= 15 is 0 Å². The minimum Gasteiger partial charge on any atom is -0.493 e. The van der Waals surface area contributed by atoms with Gasteiger partial charge >= 0.3 is 0 Å². The van der Waals surface area contributed by atoms with E-state index < -0.39 is 0 Å². The van der Waals surface area contributed by atoms with Gasteiger partial charge in [0.2, 0.25) is 5.91 Å². The molecule has 31 heavy (non-hydrogen) atoms. The second kappa shape index (κ2) is 10.6. The highest BCUT2D eigenvalue weighted by atomic mass is 32.2. The van der Waals surface area contributed by atoms with Crippen molar-refractivity contribution < 1.29 is 14.3 Å². The predicted octanol–water partition coefficient (Wildman–Crippen LogP) is 4.99. The van der Waals surface area contributed by atoms with Crippen molar-refractivity contribution in [2.24, 2.45) is 11.0 Å². The van der Waals surface area contributed by atoms with Gasteiger partial charge in [-0.25, -0.2) is 0 Å². The molecule has 0 radical (unpaired) electrons. The maximum absolute atomic E-state index is 12.0. The van der Waals surface area contributed by atoms with Gasteiger partial charge in [-0.2, -0.15) is 5.10 Å². The summed E-state index contributed by atoms with van der Waals surface area (Å²) in [6.45, 7) is 6.63. The number of anilines is 1. The Hall–Kier alpha value is -2.67. The zero-order valence-electron chi connectivity index (χ0n) is 18.8. The fraction of sp³-hybridized carbons (Fsp3) is 0.417. The van der Waals surface area contributed by atoms with E-state index in [0.717, 1.165) is 34.8 Å². The number of nitrogens with zero attached hydrogens (tertiary/aromatic N) is 2. The molecular weight excluding hydrogens is 410 g/mol. The number of methoxy groups -OCH3 is 2. The first-order valence-electron chi connectivity index (χ1n) is 10.5. The van der Waals surface area contributed by atoms with E-state index in [1.807, 2.05) is 62.0 Å². The summed E-state index contributed by atoms with van der Waals surface area (Å²) in [5.74, 6) is 2.19. The minimum absolute atomic E-state index is 0.0187. The highest BCUT2D eigenvalue weighted by Gasteiger charge is 2.25. The van der Waals surface area contributed by atoms with Crippen LogP contribution in [-0.4, -0.2) is 42.0 Å². The van der Waals surface area contributed by atoms with Crippen LogP contribution in [0.4, 0.5) is 5.69 Å². The highest BCUT2D eigenvalue weighted by Crippen LogP contribution is 2.32. The van der Waals surface area contributed by atoms with E-state index in [1.54, 1.807) is 14.2 Å². The summed E-state index contributed by atoms with van der Waals surface area (Å²) in [5.41, 5.74) is 4.01. The lowest BCUT2D eigenvalue weighted by molar-refractivity contribution is -0.118. The molecule has 1 amide bonds. The van der Waals surface area contributed by atoms with E-state index in [9.17, 15) is 4.79 Å². The molecule has 1 unspecified atom stereocenters. The van der Waals surface area contributed by atoms with Crippen LogP contribution >= 0.6 is 11.8 Å². The Morgan fingerprint density at radius 2 is 1.97 bits per heavy atom. The third-order valence-corrected chi connectivity index (χ3v) is 6.52. The van der Waals surface area contributed by atoms with Crippen LogP contribution in [0.1, 0.15) is 38.3 Å². The van der Waals surface area contributed by atoms with Gasteiger partial charge < -0.3 is 14.8 Å². The SMILES string of the molecule is CCC1SCN(Cc2cccc(NC(=O)C(C)C)c2)N=C1c1ccc(OC)c(OC)c1. The third-order valence-electron chi connectivity index (χ3n) is 5.11. The number of carbonyl (C=O) groups is 1. The number of carbonyl (C=O) groups excluding carboxylic acids is 1. The van der Waals surface area contributed by atoms with Gasteiger partial charge in [-0.15, -0.1) is 11.8 Å². The van der Waals surface area contributed by atoms with Gasteiger partial charge in [0.15, 0.2) is 11.5 Å². The lowest BCUT2D eigenvalue weighted by Gasteiger charge is -2.30. The van der Waals surface area contributed by atoms with Crippen LogP contribution in [0.2, 0.25) is 0 Å². The van der Waals surface area contributed by atoms with E-state index in [1.165, 1.54) is 0 Å².